The number of amides is 4. The van der Waals surface area contributed by atoms with Gasteiger partial charge in [0.25, 0.3) is 0 Å². The number of aliphatic carboxylic acids is 2. The largest absolute Gasteiger partial charge is 0.478 e. The van der Waals surface area contributed by atoms with E-state index in [1.807, 2.05) is 48.5 Å². The summed E-state index contributed by atoms with van der Waals surface area (Å²) in [7, 11) is 4.18. The molecule has 7 aromatic rings. The maximum atomic E-state index is 12.4. The molecule has 9 rings (SSSR count). The molecule has 354 valence electrons. The van der Waals surface area contributed by atoms with E-state index in [1.54, 1.807) is 67.3 Å². The van der Waals surface area contributed by atoms with Crippen molar-refractivity contribution in [2.75, 3.05) is 37.8 Å². The summed E-state index contributed by atoms with van der Waals surface area (Å²) in [6.07, 6.45) is 9.54. The quantitative estimate of drug-likeness (QED) is 0.0701. The Kier molecular flexibility index (Phi) is 17.7. The fourth-order valence-corrected chi connectivity index (χ4v) is 7.65. The van der Waals surface area contributed by atoms with Crippen LogP contribution in [-0.4, -0.2) is 113 Å². The number of piperidine rings is 2. The van der Waals surface area contributed by atoms with E-state index < -0.39 is 11.9 Å². The zero-order chi connectivity index (χ0) is 49.1. The lowest BCUT2D eigenvalue weighted by Crippen LogP contribution is -2.46. The van der Waals surface area contributed by atoms with Crippen LogP contribution in [0.1, 0.15) is 60.5 Å². The number of nitrogens with one attached hydrogen (secondary N) is 7. The number of nitriles is 2. The second-order valence-electron chi connectivity index (χ2n) is 16.1. The van der Waals surface area contributed by atoms with Gasteiger partial charge < -0.3 is 46.4 Å². The molecule has 20 heteroatoms. The van der Waals surface area contributed by atoms with E-state index in [0.29, 0.717) is 34.7 Å². The molecule has 4 atom stereocenters. The number of hydrogen-bond acceptors (Lipinski definition) is 11. The number of H-pyrrole nitrogens is 3. The topological polar surface area (TPSA) is 297 Å². The SMILES string of the molecule is CN1CC[C@@H](NC(=O)Nc2ccc(C#N)cc2)C[C@@H]1c1nc2ccccc2[nH]1.CN1CC[C@@H](NC(=O)Nc2ccc(C#N)cc2)C[C@@H]1c1nc2ccccc2[nH]1.O=C(O)/C=C\C(=O)O.c1c[nH]cn1. The minimum absolute atomic E-state index is 0.0628. The molecular weight excluding hydrogens is 881 g/mol. The number of para-hydroxylation sites is 4. The second kappa shape index (κ2) is 24.6. The van der Waals surface area contributed by atoms with Gasteiger partial charge in [-0.1, -0.05) is 24.3 Å². The lowest BCUT2D eigenvalue weighted by Gasteiger charge is -2.36. The number of aromatic amines is 3. The van der Waals surface area contributed by atoms with Crippen LogP contribution in [-0.2, 0) is 9.59 Å². The van der Waals surface area contributed by atoms with Gasteiger partial charge in [-0.2, -0.15) is 10.5 Å². The minimum Gasteiger partial charge on any atom is -0.478 e. The maximum absolute atomic E-state index is 12.4. The summed E-state index contributed by atoms with van der Waals surface area (Å²) in [4.78, 5) is 71.1. The number of nitrogens with zero attached hydrogens (tertiary/aromatic N) is 7. The number of hydrogen-bond donors (Lipinski definition) is 9. The van der Waals surface area contributed by atoms with Crippen molar-refractivity contribution in [3.8, 4) is 12.1 Å². The molecule has 20 nitrogen and oxygen atoms in total. The number of likely N-dealkylation sites (tertiary alicyclic amines) is 2. The molecule has 0 radical (unpaired) electrons. The normalized spacial score (nSPS) is 17.8. The van der Waals surface area contributed by atoms with Crippen molar-refractivity contribution >= 4 is 57.4 Å². The highest BCUT2D eigenvalue weighted by molar-refractivity contribution is 5.90. The summed E-state index contributed by atoms with van der Waals surface area (Å²) >= 11 is 0. The molecule has 0 unspecified atom stereocenters. The Morgan fingerprint density at radius 1 is 0.652 bits per heavy atom. The molecule has 5 heterocycles. The number of aromatic nitrogens is 6. The number of fused-ring (bicyclic) bond motifs is 2. The predicted molar refractivity (Wildman–Crippen MR) is 259 cm³/mol. The predicted octanol–water partition coefficient (Wildman–Crippen LogP) is 6.90. The van der Waals surface area contributed by atoms with E-state index >= 15 is 0 Å². The number of carboxylic acid groups (broad SMARTS) is 2. The number of urea groups is 2. The first-order chi connectivity index (χ1) is 33.4. The number of imidazole rings is 3. The molecule has 2 saturated heterocycles. The standard InChI is InChI=1S/2C21H22N6O.C4H4O4.C3H4N2/c2*1-27-11-10-16(24-21(28)23-15-8-6-14(13-22)7-9-15)12-19(27)20-25-17-4-2-3-5-18(17)26-20;5-3(6)1-2-4(7)8;1-2-5-3-4-1/h2*2-9,16,19H,10-12H2,1H3,(H,25,26)(H2,23,24,28);1-2H,(H,5,6)(H,7,8);1-3H,(H,4,5)/b;;2-1-;/t2*16-,19-;;/m11../s1. The third kappa shape index (κ3) is 15.1. The molecule has 2 aliphatic rings. The van der Waals surface area contributed by atoms with Gasteiger partial charge in [0, 0.05) is 61.1 Å². The first-order valence-electron chi connectivity index (χ1n) is 21.9. The molecule has 9 N–H and O–H groups in total. The van der Waals surface area contributed by atoms with Crippen molar-refractivity contribution in [2.45, 2.75) is 49.9 Å². The van der Waals surface area contributed by atoms with E-state index in [9.17, 15) is 19.2 Å². The molecule has 0 bridgehead atoms. The van der Waals surface area contributed by atoms with Crippen LogP contribution in [0.2, 0.25) is 0 Å². The van der Waals surface area contributed by atoms with Gasteiger partial charge in [0.15, 0.2) is 0 Å². The van der Waals surface area contributed by atoms with Crippen molar-refractivity contribution in [3.05, 3.63) is 151 Å². The van der Waals surface area contributed by atoms with Crippen molar-refractivity contribution in [2.24, 2.45) is 0 Å². The Morgan fingerprint density at radius 2 is 1.07 bits per heavy atom. The molecule has 4 aromatic carbocycles. The molecule has 0 aliphatic carbocycles. The third-order valence-electron chi connectivity index (χ3n) is 11.2. The van der Waals surface area contributed by atoms with Crippen LogP contribution in [0.15, 0.2) is 128 Å². The van der Waals surface area contributed by atoms with E-state index in [1.165, 1.54) is 0 Å². The van der Waals surface area contributed by atoms with Gasteiger partial charge in [-0.05, 0) is 113 Å². The number of carbonyl (C=O) groups excluding carboxylic acids is 2. The Labute approximate surface area is 397 Å². The summed E-state index contributed by atoms with van der Waals surface area (Å²) in [5.74, 6) is -0.648. The smallest absolute Gasteiger partial charge is 0.328 e. The molecule has 4 amide bonds. The van der Waals surface area contributed by atoms with Gasteiger partial charge in [-0.15, -0.1) is 0 Å². The van der Waals surface area contributed by atoms with Gasteiger partial charge in [-0.3, -0.25) is 9.80 Å². The number of rotatable bonds is 8. The number of benzene rings is 4. The van der Waals surface area contributed by atoms with Gasteiger partial charge in [0.2, 0.25) is 0 Å². The van der Waals surface area contributed by atoms with Crippen LogP contribution in [0.3, 0.4) is 0 Å². The highest BCUT2D eigenvalue weighted by Gasteiger charge is 2.31. The average molecular weight is 933 g/mol. The molecule has 0 spiro atoms. The summed E-state index contributed by atoms with van der Waals surface area (Å²) in [5.41, 5.74) is 6.43. The minimum atomic E-state index is -1.26. The van der Waals surface area contributed by atoms with Gasteiger partial charge in [-0.25, -0.2) is 34.1 Å². The van der Waals surface area contributed by atoms with Crippen molar-refractivity contribution in [1.29, 1.82) is 10.5 Å². The van der Waals surface area contributed by atoms with Crippen LogP contribution >= 0.6 is 0 Å². The molecule has 3 aromatic heterocycles. The number of carbonyl (C=O) groups is 4. The second-order valence-corrected chi connectivity index (χ2v) is 16.1. The van der Waals surface area contributed by atoms with E-state index in [0.717, 1.165) is 72.5 Å². The highest BCUT2D eigenvalue weighted by atomic mass is 16.4. The van der Waals surface area contributed by atoms with Crippen molar-refractivity contribution < 1.29 is 29.4 Å². The third-order valence-corrected chi connectivity index (χ3v) is 11.2. The van der Waals surface area contributed by atoms with Crippen LogP contribution in [0, 0.1) is 22.7 Å². The van der Waals surface area contributed by atoms with Crippen LogP contribution in [0.5, 0.6) is 0 Å². The molecular formula is C49H52N14O6. The monoisotopic (exact) mass is 932 g/mol. The Balaban J connectivity index is 0.000000180. The van der Waals surface area contributed by atoms with Crippen molar-refractivity contribution in [3.63, 3.8) is 0 Å². The van der Waals surface area contributed by atoms with Gasteiger partial charge in [0.1, 0.15) is 11.6 Å². The van der Waals surface area contributed by atoms with Crippen LogP contribution in [0.4, 0.5) is 21.0 Å². The Bertz CT molecular complexity index is 2630. The highest BCUT2D eigenvalue weighted by Crippen LogP contribution is 2.31. The van der Waals surface area contributed by atoms with Gasteiger partial charge in [0.05, 0.1) is 63.7 Å². The van der Waals surface area contributed by atoms with Crippen LogP contribution < -0.4 is 21.3 Å². The fraction of sp³-hybridized carbons (Fsp3) is 0.245. The van der Waals surface area contributed by atoms with Gasteiger partial charge >= 0.3 is 24.0 Å². The molecule has 69 heavy (non-hydrogen) atoms. The Morgan fingerprint density at radius 3 is 1.41 bits per heavy atom. The summed E-state index contributed by atoms with van der Waals surface area (Å²) < 4.78 is 0. The molecule has 2 aliphatic heterocycles. The van der Waals surface area contributed by atoms with Crippen molar-refractivity contribution in [1.82, 2.24) is 50.3 Å². The first-order valence-corrected chi connectivity index (χ1v) is 21.9. The summed E-state index contributed by atoms with van der Waals surface area (Å²) in [6, 6.07) is 33.7. The lowest BCUT2D eigenvalue weighted by atomic mass is 9.97. The van der Waals surface area contributed by atoms with E-state index in [2.05, 4.69) is 77.2 Å². The Hall–Kier alpha value is -8.85. The zero-order valence-electron chi connectivity index (χ0n) is 37.8. The average Bonchev–Trinajstić information content (AvgIpc) is 4.16. The van der Waals surface area contributed by atoms with E-state index in [-0.39, 0.29) is 36.2 Å². The van der Waals surface area contributed by atoms with Crippen LogP contribution in [0.25, 0.3) is 22.1 Å². The fourth-order valence-electron chi connectivity index (χ4n) is 7.65. The molecule has 2 fully saturated rings. The van der Waals surface area contributed by atoms with E-state index in [4.69, 9.17) is 30.7 Å². The maximum Gasteiger partial charge on any atom is 0.328 e. The number of carboxylic acids is 2. The summed E-state index contributed by atoms with van der Waals surface area (Å²) in [6.45, 7) is 1.76. The lowest BCUT2D eigenvalue weighted by molar-refractivity contribution is -0.134. The number of anilines is 2. The summed E-state index contributed by atoms with van der Waals surface area (Å²) in [5, 5.41) is 45.1. The molecule has 0 saturated carbocycles. The first kappa shape index (κ1) is 49.6. The zero-order valence-corrected chi connectivity index (χ0v) is 37.8.